The Balaban J connectivity index is 1.56. The number of rotatable bonds is 6. The number of benzene rings is 2. The zero-order valence-corrected chi connectivity index (χ0v) is 15.5. The number of alkyl carbamates (subject to hydrolysis) is 1. The quantitative estimate of drug-likeness (QED) is 0.645. The second kappa shape index (κ2) is 8.15. The fourth-order valence-electron chi connectivity index (χ4n) is 2.72. The number of nitrogens with zero attached hydrogens (tertiary/aromatic N) is 1. The molecular formula is C20H21N2O3P. The summed E-state index contributed by atoms with van der Waals surface area (Å²) >= 11 is 0. The number of hydrogen-bond donors (Lipinski definition) is 1. The molecule has 6 heteroatoms. The standard InChI is InChI=1S/C20H21N2O3P/c1-26(24,14-18-10-5-9-17-11-6-12-21-19(17)18)15-22-20(23)25-13-16-7-3-2-4-8-16/h2-12H,13-15H2,1H3,(H,22,23). The Labute approximate surface area is 152 Å². The molecule has 1 amide bonds. The molecule has 0 aliphatic carbocycles. The molecule has 1 atom stereocenters. The number of pyridine rings is 1. The van der Waals surface area contributed by atoms with Gasteiger partial charge in [-0.1, -0.05) is 54.6 Å². The molecule has 3 aromatic rings. The minimum atomic E-state index is -2.62. The zero-order chi connectivity index (χ0) is 18.4. The first kappa shape index (κ1) is 18.2. The van der Waals surface area contributed by atoms with Gasteiger partial charge in [0, 0.05) is 17.7 Å². The van der Waals surface area contributed by atoms with Crippen molar-refractivity contribution in [1.82, 2.24) is 10.3 Å². The van der Waals surface area contributed by atoms with Crippen molar-refractivity contribution in [3.05, 3.63) is 78.0 Å². The summed E-state index contributed by atoms with van der Waals surface area (Å²) in [4.78, 5) is 16.3. The van der Waals surface area contributed by atoms with Crippen LogP contribution in [0.2, 0.25) is 0 Å². The van der Waals surface area contributed by atoms with Crippen molar-refractivity contribution < 1.29 is 14.1 Å². The van der Waals surface area contributed by atoms with Gasteiger partial charge >= 0.3 is 6.09 Å². The van der Waals surface area contributed by atoms with E-state index in [0.717, 1.165) is 22.0 Å². The van der Waals surface area contributed by atoms with Crippen molar-refractivity contribution in [2.75, 3.05) is 13.0 Å². The molecule has 0 radical (unpaired) electrons. The molecule has 0 saturated heterocycles. The first-order valence-corrected chi connectivity index (χ1v) is 10.9. The van der Waals surface area contributed by atoms with Crippen LogP contribution in [0.15, 0.2) is 66.9 Å². The number of hydrogen-bond acceptors (Lipinski definition) is 4. The van der Waals surface area contributed by atoms with E-state index in [1.807, 2.05) is 60.7 Å². The monoisotopic (exact) mass is 368 g/mol. The van der Waals surface area contributed by atoms with Crippen molar-refractivity contribution in [2.24, 2.45) is 0 Å². The van der Waals surface area contributed by atoms with E-state index < -0.39 is 13.2 Å². The molecule has 0 aliphatic rings. The van der Waals surface area contributed by atoms with Crippen molar-refractivity contribution in [3.63, 3.8) is 0 Å². The normalized spacial score (nSPS) is 13.1. The Bertz CT molecular complexity index is 939. The molecule has 1 heterocycles. The zero-order valence-electron chi connectivity index (χ0n) is 14.6. The molecule has 0 saturated carbocycles. The topological polar surface area (TPSA) is 68.3 Å². The molecule has 3 rings (SSSR count). The van der Waals surface area contributed by atoms with Crippen LogP contribution >= 0.6 is 7.14 Å². The van der Waals surface area contributed by atoms with Crippen LogP contribution in [0.25, 0.3) is 10.9 Å². The first-order valence-electron chi connectivity index (χ1n) is 8.36. The predicted octanol–water partition coefficient (Wildman–Crippen LogP) is 4.61. The Kier molecular flexibility index (Phi) is 5.69. The third kappa shape index (κ3) is 4.93. The van der Waals surface area contributed by atoms with Crippen molar-refractivity contribution >= 4 is 24.1 Å². The number of ether oxygens (including phenoxy) is 1. The van der Waals surface area contributed by atoms with Gasteiger partial charge in [0.05, 0.1) is 11.8 Å². The largest absolute Gasteiger partial charge is 0.445 e. The lowest BCUT2D eigenvalue weighted by atomic mass is 10.1. The van der Waals surface area contributed by atoms with Gasteiger partial charge in [-0.25, -0.2) is 4.79 Å². The van der Waals surface area contributed by atoms with E-state index in [9.17, 15) is 9.36 Å². The average molecular weight is 368 g/mol. The smallest absolute Gasteiger partial charge is 0.407 e. The fraction of sp³-hybridized carbons (Fsp3) is 0.200. The molecule has 0 aliphatic heterocycles. The van der Waals surface area contributed by atoms with Crippen LogP contribution in [-0.4, -0.2) is 24.0 Å². The van der Waals surface area contributed by atoms with Gasteiger partial charge in [0.25, 0.3) is 0 Å². The summed E-state index contributed by atoms with van der Waals surface area (Å²) in [5.74, 6) is 0. The predicted molar refractivity (Wildman–Crippen MR) is 104 cm³/mol. The summed E-state index contributed by atoms with van der Waals surface area (Å²) in [7, 11) is -2.62. The van der Waals surface area contributed by atoms with Crippen LogP contribution in [0.3, 0.4) is 0 Å². The fourth-order valence-corrected chi connectivity index (χ4v) is 4.27. The van der Waals surface area contributed by atoms with Gasteiger partial charge in [-0.05, 0) is 23.9 Å². The van der Waals surface area contributed by atoms with Crippen LogP contribution in [-0.2, 0) is 22.1 Å². The van der Waals surface area contributed by atoms with Gasteiger partial charge in [-0.2, -0.15) is 0 Å². The number of aromatic nitrogens is 1. The summed E-state index contributed by atoms with van der Waals surface area (Å²) < 4.78 is 18.1. The second-order valence-electron chi connectivity index (χ2n) is 6.34. The SMILES string of the molecule is CP(=O)(CNC(=O)OCc1ccccc1)Cc1cccc2cccnc12. The van der Waals surface area contributed by atoms with Crippen LogP contribution in [0.5, 0.6) is 0 Å². The first-order chi connectivity index (χ1) is 12.5. The molecule has 1 N–H and O–H groups in total. The maximum absolute atomic E-state index is 12.9. The second-order valence-corrected chi connectivity index (χ2v) is 9.57. The highest BCUT2D eigenvalue weighted by molar-refractivity contribution is 7.62. The molecule has 0 spiro atoms. The number of carbonyl (C=O) groups is 1. The lowest BCUT2D eigenvalue weighted by molar-refractivity contribution is 0.141. The van der Waals surface area contributed by atoms with E-state index in [4.69, 9.17) is 4.74 Å². The summed E-state index contributed by atoms with van der Waals surface area (Å²) in [5.41, 5.74) is 2.68. The molecule has 0 fully saturated rings. The van der Waals surface area contributed by atoms with E-state index in [-0.39, 0.29) is 12.9 Å². The number of para-hydroxylation sites is 1. The van der Waals surface area contributed by atoms with E-state index in [1.165, 1.54) is 0 Å². The van der Waals surface area contributed by atoms with Crippen molar-refractivity contribution in [2.45, 2.75) is 12.8 Å². The molecule has 1 aromatic heterocycles. The number of carbonyl (C=O) groups excluding carboxylic acids is 1. The molecule has 2 aromatic carbocycles. The number of nitrogens with one attached hydrogen (secondary N) is 1. The van der Waals surface area contributed by atoms with Crippen LogP contribution < -0.4 is 5.32 Å². The van der Waals surface area contributed by atoms with E-state index in [2.05, 4.69) is 10.3 Å². The highest BCUT2D eigenvalue weighted by atomic mass is 31.2. The Morgan fingerprint density at radius 3 is 2.65 bits per heavy atom. The number of fused-ring (bicyclic) bond motifs is 1. The minimum Gasteiger partial charge on any atom is -0.445 e. The molecule has 134 valence electrons. The molecule has 5 nitrogen and oxygen atoms in total. The summed E-state index contributed by atoms with van der Waals surface area (Å²) in [5, 5.41) is 3.63. The van der Waals surface area contributed by atoms with Crippen LogP contribution in [0.4, 0.5) is 4.79 Å². The maximum atomic E-state index is 12.9. The van der Waals surface area contributed by atoms with E-state index >= 15 is 0 Å². The third-order valence-corrected chi connectivity index (χ3v) is 5.83. The van der Waals surface area contributed by atoms with Gasteiger partial charge in [0.1, 0.15) is 13.7 Å². The molecule has 0 bridgehead atoms. The van der Waals surface area contributed by atoms with Gasteiger partial charge in [-0.15, -0.1) is 0 Å². The van der Waals surface area contributed by atoms with Crippen LogP contribution in [0.1, 0.15) is 11.1 Å². The number of amides is 1. The minimum absolute atomic E-state index is 0.0871. The van der Waals surface area contributed by atoms with Crippen molar-refractivity contribution in [3.8, 4) is 0 Å². The lowest BCUT2D eigenvalue weighted by Gasteiger charge is -2.15. The Hall–Kier alpha value is -2.65. The highest BCUT2D eigenvalue weighted by Gasteiger charge is 2.19. The van der Waals surface area contributed by atoms with Gasteiger partial charge in [-0.3, -0.25) is 4.98 Å². The Morgan fingerprint density at radius 1 is 1.08 bits per heavy atom. The average Bonchev–Trinajstić information content (AvgIpc) is 2.66. The summed E-state index contributed by atoms with van der Waals surface area (Å²) in [6.45, 7) is 1.88. The lowest BCUT2D eigenvalue weighted by Crippen LogP contribution is -2.25. The maximum Gasteiger partial charge on any atom is 0.407 e. The van der Waals surface area contributed by atoms with E-state index in [1.54, 1.807) is 12.9 Å². The van der Waals surface area contributed by atoms with Crippen LogP contribution in [0, 0.1) is 0 Å². The highest BCUT2D eigenvalue weighted by Crippen LogP contribution is 2.44. The van der Waals surface area contributed by atoms with Gasteiger partial charge in [0.15, 0.2) is 0 Å². The summed E-state index contributed by atoms with van der Waals surface area (Å²) in [6, 6.07) is 19.1. The molecular weight excluding hydrogens is 347 g/mol. The Morgan fingerprint density at radius 2 is 1.85 bits per heavy atom. The van der Waals surface area contributed by atoms with Crippen molar-refractivity contribution in [1.29, 1.82) is 0 Å². The summed E-state index contributed by atoms with van der Waals surface area (Å²) in [6.07, 6.45) is 1.63. The van der Waals surface area contributed by atoms with Gasteiger partial charge < -0.3 is 14.6 Å². The van der Waals surface area contributed by atoms with Gasteiger partial charge in [0.2, 0.25) is 0 Å². The van der Waals surface area contributed by atoms with E-state index in [0.29, 0.717) is 6.16 Å². The third-order valence-electron chi connectivity index (χ3n) is 3.99. The molecule has 26 heavy (non-hydrogen) atoms. The molecule has 1 unspecified atom stereocenters.